The summed E-state index contributed by atoms with van der Waals surface area (Å²) in [5.41, 5.74) is 3.05. The van der Waals surface area contributed by atoms with Crippen LogP contribution >= 0.6 is 0 Å². The first-order valence-electron chi connectivity index (χ1n) is 6.82. The van der Waals surface area contributed by atoms with Gasteiger partial charge in [-0.05, 0) is 43.5 Å². The highest BCUT2D eigenvalue weighted by atomic mass is 14.9. The molecule has 0 radical (unpaired) electrons. The zero-order valence-corrected chi connectivity index (χ0v) is 11.0. The number of rotatable bonds is 5. The summed E-state index contributed by atoms with van der Waals surface area (Å²) in [5.74, 6) is 0. The predicted octanol–water partition coefficient (Wildman–Crippen LogP) is 2.65. The SMILES string of the molecule is CC(C)NCCCC1NCCc2ccccc21. The second kappa shape index (κ2) is 6.18. The van der Waals surface area contributed by atoms with Crippen LogP contribution in [0, 0.1) is 0 Å². The molecule has 0 aromatic heterocycles. The maximum Gasteiger partial charge on any atom is 0.0323 e. The lowest BCUT2D eigenvalue weighted by atomic mass is 9.92. The van der Waals surface area contributed by atoms with E-state index in [9.17, 15) is 0 Å². The first-order chi connectivity index (χ1) is 8.27. The molecule has 0 amide bonds. The normalized spacial score (nSPS) is 19.4. The molecule has 2 N–H and O–H groups in total. The van der Waals surface area contributed by atoms with Gasteiger partial charge in [0.2, 0.25) is 0 Å². The fraction of sp³-hybridized carbons (Fsp3) is 0.600. The van der Waals surface area contributed by atoms with E-state index in [1.165, 1.54) is 30.4 Å². The van der Waals surface area contributed by atoms with Gasteiger partial charge in [0, 0.05) is 12.1 Å². The lowest BCUT2D eigenvalue weighted by Crippen LogP contribution is -2.31. The summed E-state index contributed by atoms with van der Waals surface area (Å²) in [4.78, 5) is 0. The van der Waals surface area contributed by atoms with Gasteiger partial charge in [0.1, 0.15) is 0 Å². The van der Waals surface area contributed by atoms with Crippen molar-refractivity contribution in [2.24, 2.45) is 0 Å². The third kappa shape index (κ3) is 3.55. The molecule has 0 aliphatic carbocycles. The van der Waals surface area contributed by atoms with Gasteiger partial charge in [-0.1, -0.05) is 38.1 Å². The lowest BCUT2D eigenvalue weighted by Gasteiger charge is -2.27. The predicted molar refractivity (Wildman–Crippen MR) is 73.3 cm³/mol. The van der Waals surface area contributed by atoms with Crippen LogP contribution in [-0.4, -0.2) is 19.1 Å². The third-order valence-corrected chi connectivity index (χ3v) is 3.44. The molecule has 1 atom stereocenters. The summed E-state index contributed by atoms with van der Waals surface area (Å²) in [6.07, 6.45) is 3.65. The van der Waals surface area contributed by atoms with E-state index in [2.05, 4.69) is 48.7 Å². The van der Waals surface area contributed by atoms with E-state index < -0.39 is 0 Å². The minimum absolute atomic E-state index is 0.564. The van der Waals surface area contributed by atoms with Gasteiger partial charge in [-0.15, -0.1) is 0 Å². The molecule has 0 saturated heterocycles. The van der Waals surface area contributed by atoms with Gasteiger partial charge in [0.15, 0.2) is 0 Å². The zero-order chi connectivity index (χ0) is 12.1. The molecular weight excluding hydrogens is 208 g/mol. The standard InChI is InChI=1S/C15H24N2/c1-12(2)16-10-5-8-15-14-7-4-3-6-13(14)9-11-17-15/h3-4,6-7,12,15-17H,5,8-11H2,1-2H3. The lowest BCUT2D eigenvalue weighted by molar-refractivity contribution is 0.447. The topological polar surface area (TPSA) is 24.1 Å². The van der Waals surface area contributed by atoms with E-state index in [-0.39, 0.29) is 0 Å². The Bertz CT molecular complexity index is 347. The van der Waals surface area contributed by atoms with Gasteiger partial charge in [-0.3, -0.25) is 0 Å². The van der Waals surface area contributed by atoms with Crippen LogP contribution in [0.25, 0.3) is 0 Å². The van der Waals surface area contributed by atoms with Crippen LogP contribution in [0.15, 0.2) is 24.3 Å². The number of nitrogens with one attached hydrogen (secondary N) is 2. The molecule has 1 aromatic rings. The Morgan fingerprint density at radius 3 is 3.00 bits per heavy atom. The first-order valence-corrected chi connectivity index (χ1v) is 6.82. The van der Waals surface area contributed by atoms with E-state index in [1.54, 1.807) is 0 Å². The molecular formula is C15H24N2. The minimum atomic E-state index is 0.564. The van der Waals surface area contributed by atoms with E-state index >= 15 is 0 Å². The summed E-state index contributed by atoms with van der Waals surface area (Å²) >= 11 is 0. The van der Waals surface area contributed by atoms with Crippen molar-refractivity contribution >= 4 is 0 Å². The Labute approximate surface area is 105 Å². The highest BCUT2D eigenvalue weighted by Gasteiger charge is 2.18. The highest BCUT2D eigenvalue weighted by molar-refractivity contribution is 5.32. The van der Waals surface area contributed by atoms with Crippen LogP contribution in [0.4, 0.5) is 0 Å². The molecule has 1 aliphatic rings. The largest absolute Gasteiger partial charge is 0.315 e. The second-order valence-corrected chi connectivity index (χ2v) is 5.21. The van der Waals surface area contributed by atoms with Crippen molar-refractivity contribution in [3.05, 3.63) is 35.4 Å². The van der Waals surface area contributed by atoms with Crippen LogP contribution in [0.5, 0.6) is 0 Å². The Balaban J connectivity index is 1.86. The average Bonchev–Trinajstić information content (AvgIpc) is 2.34. The number of fused-ring (bicyclic) bond motifs is 1. The molecule has 2 heteroatoms. The average molecular weight is 232 g/mol. The Morgan fingerprint density at radius 1 is 1.35 bits per heavy atom. The molecule has 0 saturated carbocycles. The molecule has 2 rings (SSSR count). The molecule has 17 heavy (non-hydrogen) atoms. The van der Waals surface area contributed by atoms with Crippen LogP contribution in [0.3, 0.4) is 0 Å². The molecule has 0 fully saturated rings. The van der Waals surface area contributed by atoms with Gasteiger partial charge in [-0.25, -0.2) is 0 Å². The molecule has 1 aliphatic heterocycles. The maximum absolute atomic E-state index is 3.64. The Morgan fingerprint density at radius 2 is 2.18 bits per heavy atom. The molecule has 1 heterocycles. The molecule has 94 valence electrons. The number of hydrogen-bond acceptors (Lipinski definition) is 2. The molecule has 1 aromatic carbocycles. The van der Waals surface area contributed by atoms with E-state index in [4.69, 9.17) is 0 Å². The minimum Gasteiger partial charge on any atom is -0.315 e. The molecule has 0 bridgehead atoms. The summed E-state index contributed by atoms with van der Waals surface area (Å²) in [7, 11) is 0. The quantitative estimate of drug-likeness (QED) is 0.763. The summed E-state index contributed by atoms with van der Waals surface area (Å²) in [6, 6.07) is 10.0. The summed E-state index contributed by atoms with van der Waals surface area (Å²) in [5, 5.41) is 7.12. The maximum atomic E-state index is 3.64. The van der Waals surface area contributed by atoms with Crippen LogP contribution in [-0.2, 0) is 6.42 Å². The van der Waals surface area contributed by atoms with Crippen LogP contribution < -0.4 is 10.6 Å². The van der Waals surface area contributed by atoms with Gasteiger partial charge in [-0.2, -0.15) is 0 Å². The van der Waals surface area contributed by atoms with Gasteiger partial charge in [0.25, 0.3) is 0 Å². The third-order valence-electron chi connectivity index (χ3n) is 3.44. The second-order valence-electron chi connectivity index (χ2n) is 5.21. The number of benzene rings is 1. The van der Waals surface area contributed by atoms with E-state index in [0.717, 1.165) is 13.1 Å². The van der Waals surface area contributed by atoms with Crippen molar-refractivity contribution in [1.82, 2.24) is 10.6 Å². The highest BCUT2D eigenvalue weighted by Crippen LogP contribution is 2.25. The van der Waals surface area contributed by atoms with Crippen molar-refractivity contribution in [2.75, 3.05) is 13.1 Å². The van der Waals surface area contributed by atoms with Crippen molar-refractivity contribution in [1.29, 1.82) is 0 Å². The van der Waals surface area contributed by atoms with Gasteiger partial charge < -0.3 is 10.6 Å². The van der Waals surface area contributed by atoms with Gasteiger partial charge >= 0.3 is 0 Å². The van der Waals surface area contributed by atoms with E-state index in [0.29, 0.717) is 12.1 Å². The molecule has 0 spiro atoms. The fourth-order valence-electron chi connectivity index (χ4n) is 2.55. The molecule has 1 unspecified atom stereocenters. The Hall–Kier alpha value is -0.860. The smallest absolute Gasteiger partial charge is 0.0323 e. The van der Waals surface area contributed by atoms with Crippen LogP contribution in [0.1, 0.15) is 43.9 Å². The van der Waals surface area contributed by atoms with Crippen molar-refractivity contribution in [3.8, 4) is 0 Å². The fourth-order valence-corrected chi connectivity index (χ4v) is 2.55. The van der Waals surface area contributed by atoms with E-state index in [1.807, 2.05) is 0 Å². The monoisotopic (exact) mass is 232 g/mol. The molecule has 2 nitrogen and oxygen atoms in total. The van der Waals surface area contributed by atoms with Gasteiger partial charge in [0.05, 0.1) is 0 Å². The van der Waals surface area contributed by atoms with Crippen molar-refractivity contribution in [2.45, 2.75) is 45.2 Å². The first kappa shape index (κ1) is 12.6. The van der Waals surface area contributed by atoms with Crippen molar-refractivity contribution < 1.29 is 0 Å². The summed E-state index contributed by atoms with van der Waals surface area (Å²) in [6.45, 7) is 6.65. The zero-order valence-electron chi connectivity index (χ0n) is 11.0. The summed E-state index contributed by atoms with van der Waals surface area (Å²) < 4.78 is 0. The van der Waals surface area contributed by atoms with Crippen LogP contribution in [0.2, 0.25) is 0 Å². The number of hydrogen-bond donors (Lipinski definition) is 2. The van der Waals surface area contributed by atoms with Crippen molar-refractivity contribution in [3.63, 3.8) is 0 Å². The Kier molecular flexibility index (Phi) is 4.57.